The van der Waals surface area contributed by atoms with Crippen LogP contribution in [0.15, 0.2) is 58.6 Å². The van der Waals surface area contributed by atoms with Crippen molar-refractivity contribution in [3.05, 3.63) is 64.7 Å². The average molecular weight is 439 g/mol. The van der Waals surface area contributed by atoms with E-state index in [4.69, 9.17) is 14.8 Å². The number of para-hydroxylation sites is 2. The topological polar surface area (TPSA) is 75.0 Å². The summed E-state index contributed by atoms with van der Waals surface area (Å²) in [5.41, 5.74) is 3.16. The van der Waals surface area contributed by atoms with Gasteiger partial charge in [-0.3, -0.25) is 0 Å². The normalized spacial score (nSPS) is 16.5. The van der Waals surface area contributed by atoms with E-state index in [1.54, 1.807) is 18.9 Å². The molecule has 154 valence electrons. The number of thioether (sulfide) groups is 1. The summed E-state index contributed by atoms with van der Waals surface area (Å²) in [4.78, 5) is 4.76. The van der Waals surface area contributed by atoms with Crippen molar-refractivity contribution < 1.29 is 4.74 Å². The van der Waals surface area contributed by atoms with Gasteiger partial charge in [0.15, 0.2) is 0 Å². The molecule has 0 amide bonds. The zero-order valence-corrected chi connectivity index (χ0v) is 18.8. The molecule has 2 heterocycles. The molecule has 2 aromatic carbocycles. The summed E-state index contributed by atoms with van der Waals surface area (Å²) in [6.07, 6.45) is 0. The van der Waals surface area contributed by atoms with E-state index >= 15 is 0 Å². The van der Waals surface area contributed by atoms with E-state index in [0.29, 0.717) is 11.1 Å². The number of anilines is 1. The largest absolute Gasteiger partial charge is 0.495 e. The maximum atomic E-state index is 5.51. The summed E-state index contributed by atoms with van der Waals surface area (Å²) < 4.78 is 5.51. The molecule has 0 bridgehead atoms. The average Bonchev–Trinajstić information content (AvgIpc) is 3.33. The quantitative estimate of drug-likeness (QED) is 0.437. The Morgan fingerprint density at radius 2 is 1.83 bits per heavy atom. The van der Waals surface area contributed by atoms with E-state index in [0.717, 1.165) is 27.1 Å². The summed E-state index contributed by atoms with van der Waals surface area (Å²) in [6, 6.07) is 16.2. The molecule has 1 atom stereocenters. The van der Waals surface area contributed by atoms with Crippen LogP contribution >= 0.6 is 23.1 Å². The summed E-state index contributed by atoms with van der Waals surface area (Å²) >= 11 is 3.12. The highest BCUT2D eigenvalue weighted by atomic mass is 32.2. The molecular weight excluding hydrogens is 416 g/mol. The lowest BCUT2D eigenvalue weighted by Crippen LogP contribution is -2.32. The van der Waals surface area contributed by atoms with Crippen molar-refractivity contribution in [1.82, 2.24) is 15.2 Å². The fraction of sp³-hybridized carbons (Fsp3) is 0.238. The highest BCUT2D eigenvalue weighted by Gasteiger charge is 2.31. The SMILES string of the molecule is COc1ccccc1NC(=Nc1nnc(C)s1)N1N=C(C)S[C@H]1c1ccc(C)cc1. The van der Waals surface area contributed by atoms with Gasteiger partial charge in [-0.2, -0.15) is 10.1 Å². The third kappa shape index (κ3) is 4.47. The molecule has 7 nitrogen and oxygen atoms in total. The number of hydrazone groups is 1. The van der Waals surface area contributed by atoms with E-state index in [1.807, 2.05) is 43.1 Å². The Labute approximate surface area is 183 Å². The summed E-state index contributed by atoms with van der Waals surface area (Å²) in [5, 5.41) is 20.7. The number of aliphatic imine (C=N–C) groups is 1. The minimum absolute atomic E-state index is 0.0411. The first-order valence-corrected chi connectivity index (χ1v) is 11.1. The molecule has 1 aliphatic heterocycles. The highest BCUT2D eigenvalue weighted by Crippen LogP contribution is 2.40. The number of ether oxygens (including phenoxy) is 1. The lowest BCUT2D eigenvalue weighted by Gasteiger charge is -2.25. The van der Waals surface area contributed by atoms with E-state index in [-0.39, 0.29) is 5.37 Å². The number of hydrogen-bond donors (Lipinski definition) is 1. The van der Waals surface area contributed by atoms with Crippen LogP contribution in [0.2, 0.25) is 0 Å². The molecule has 4 rings (SSSR count). The van der Waals surface area contributed by atoms with Crippen LogP contribution in [0.5, 0.6) is 5.75 Å². The fourth-order valence-electron chi connectivity index (χ4n) is 2.96. The molecular formula is C21H22N6OS2. The van der Waals surface area contributed by atoms with Gasteiger partial charge in [0.05, 0.1) is 17.8 Å². The van der Waals surface area contributed by atoms with Gasteiger partial charge in [-0.05, 0) is 38.5 Å². The number of aromatic nitrogens is 2. The Morgan fingerprint density at radius 1 is 1.07 bits per heavy atom. The number of nitrogens with one attached hydrogen (secondary N) is 1. The van der Waals surface area contributed by atoms with Gasteiger partial charge in [0, 0.05) is 0 Å². The van der Waals surface area contributed by atoms with E-state index in [2.05, 4.69) is 46.7 Å². The highest BCUT2D eigenvalue weighted by molar-refractivity contribution is 8.14. The van der Waals surface area contributed by atoms with Gasteiger partial charge in [0.1, 0.15) is 16.1 Å². The molecule has 9 heteroatoms. The minimum atomic E-state index is -0.0411. The molecule has 0 radical (unpaired) electrons. The first kappa shape index (κ1) is 20.4. The molecule has 0 saturated heterocycles. The van der Waals surface area contributed by atoms with E-state index < -0.39 is 0 Å². The second kappa shape index (κ2) is 8.85. The Hall–Kier alpha value is -2.91. The van der Waals surface area contributed by atoms with Gasteiger partial charge in [0.25, 0.3) is 0 Å². The second-order valence-electron chi connectivity index (χ2n) is 6.71. The lowest BCUT2D eigenvalue weighted by atomic mass is 10.1. The van der Waals surface area contributed by atoms with Crippen molar-refractivity contribution in [2.75, 3.05) is 12.4 Å². The fourth-order valence-corrected chi connectivity index (χ4v) is 4.52. The van der Waals surface area contributed by atoms with Crippen molar-refractivity contribution >= 4 is 44.9 Å². The lowest BCUT2D eigenvalue weighted by molar-refractivity contribution is 0.415. The predicted molar refractivity (Wildman–Crippen MR) is 125 cm³/mol. The molecule has 0 fully saturated rings. The Kier molecular flexibility index (Phi) is 6.01. The molecule has 1 N–H and O–H groups in total. The number of rotatable bonds is 4. The minimum Gasteiger partial charge on any atom is -0.495 e. The van der Waals surface area contributed by atoms with Crippen LogP contribution in [0, 0.1) is 13.8 Å². The third-order valence-electron chi connectivity index (χ3n) is 4.40. The monoisotopic (exact) mass is 438 g/mol. The molecule has 30 heavy (non-hydrogen) atoms. The van der Waals surface area contributed by atoms with Crippen LogP contribution in [0.1, 0.15) is 28.4 Å². The first-order valence-electron chi connectivity index (χ1n) is 9.40. The summed E-state index contributed by atoms with van der Waals surface area (Å²) in [6.45, 7) is 5.99. The molecule has 3 aromatic rings. The van der Waals surface area contributed by atoms with Crippen molar-refractivity contribution in [2.45, 2.75) is 26.1 Å². The van der Waals surface area contributed by atoms with Crippen LogP contribution in [0.4, 0.5) is 10.8 Å². The van der Waals surface area contributed by atoms with Crippen molar-refractivity contribution in [3.63, 3.8) is 0 Å². The maximum Gasteiger partial charge on any atom is 0.234 e. The van der Waals surface area contributed by atoms with Gasteiger partial charge in [0.2, 0.25) is 11.1 Å². The molecule has 0 saturated carbocycles. The van der Waals surface area contributed by atoms with Gasteiger partial charge in [-0.25, -0.2) is 5.01 Å². The van der Waals surface area contributed by atoms with Gasteiger partial charge >= 0.3 is 0 Å². The number of nitrogens with zero attached hydrogens (tertiary/aromatic N) is 5. The van der Waals surface area contributed by atoms with E-state index in [9.17, 15) is 0 Å². The maximum absolute atomic E-state index is 5.51. The van der Waals surface area contributed by atoms with Crippen molar-refractivity contribution in [2.24, 2.45) is 10.1 Å². The van der Waals surface area contributed by atoms with Crippen LogP contribution in [-0.4, -0.2) is 33.3 Å². The van der Waals surface area contributed by atoms with E-state index in [1.165, 1.54) is 16.9 Å². The number of hydrogen-bond acceptors (Lipinski definition) is 7. The Morgan fingerprint density at radius 3 is 2.53 bits per heavy atom. The number of benzene rings is 2. The Bertz CT molecular complexity index is 1090. The third-order valence-corrected chi connectivity index (χ3v) is 6.25. The standard InChI is InChI=1S/C21H22N6OS2/c1-13-9-11-16(12-10-13)19-27(26-15(3)29-19)20(23-21-25-24-14(2)30-21)22-17-7-5-6-8-18(17)28-4/h5-12,19H,1-4H3,(H,22,23,25)/t19-/m0/s1. The zero-order valence-electron chi connectivity index (χ0n) is 17.2. The first-order chi connectivity index (χ1) is 14.5. The van der Waals surface area contributed by atoms with Crippen molar-refractivity contribution in [3.8, 4) is 5.75 Å². The predicted octanol–water partition coefficient (Wildman–Crippen LogP) is 5.34. The van der Waals surface area contributed by atoms with Gasteiger partial charge in [-0.1, -0.05) is 65.1 Å². The molecule has 0 unspecified atom stereocenters. The zero-order chi connectivity index (χ0) is 21.1. The van der Waals surface area contributed by atoms with Gasteiger partial charge < -0.3 is 10.1 Å². The van der Waals surface area contributed by atoms with Crippen LogP contribution in [-0.2, 0) is 0 Å². The van der Waals surface area contributed by atoms with Crippen molar-refractivity contribution in [1.29, 1.82) is 0 Å². The number of aryl methyl sites for hydroxylation is 2. The molecule has 1 aromatic heterocycles. The molecule has 0 spiro atoms. The Balaban J connectivity index is 1.75. The second-order valence-corrected chi connectivity index (χ2v) is 9.14. The summed E-state index contributed by atoms with van der Waals surface area (Å²) in [7, 11) is 1.65. The number of methoxy groups -OCH3 is 1. The smallest absolute Gasteiger partial charge is 0.234 e. The number of guanidine groups is 1. The van der Waals surface area contributed by atoms with Crippen LogP contribution < -0.4 is 10.1 Å². The summed E-state index contributed by atoms with van der Waals surface area (Å²) in [5.74, 6) is 1.28. The molecule has 0 aliphatic carbocycles. The van der Waals surface area contributed by atoms with Gasteiger partial charge in [-0.15, -0.1) is 10.2 Å². The van der Waals surface area contributed by atoms with Crippen LogP contribution in [0.3, 0.4) is 0 Å². The molecule has 1 aliphatic rings. The van der Waals surface area contributed by atoms with Crippen LogP contribution in [0.25, 0.3) is 0 Å².